The van der Waals surface area contributed by atoms with Crippen molar-refractivity contribution in [3.63, 3.8) is 0 Å². The molecule has 3 aromatic carbocycles. The number of rotatable bonds is 7. The molecular formula is C29H27FN4O4S. The highest BCUT2D eigenvalue weighted by atomic mass is 32.2. The fourth-order valence-corrected chi connectivity index (χ4v) is 5.51. The van der Waals surface area contributed by atoms with Crippen molar-refractivity contribution in [2.45, 2.75) is 31.1 Å². The summed E-state index contributed by atoms with van der Waals surface area (Å²) in [5.74, 6) is 0.00417. The van der Waals surface area contributed by atoms with E-state index in [9.17, 15) is 14.0 Å². The number of hydrazone groups is 1. The van der Waals surface area contributed by atoms with Gasteiger partial charge in [0.25, 0.3) is 5.91 Å². The molecule has 0 saturated carbocycles. The van der Waals surface area contributed by atoms with Crippen molar-refractivity contribution in [3.8, 4) is 11.5 Å². The molecular weight excluding hydrogens is 519 g/mol. The summed E-state index contributed by atoms with van der Waals surface area (Å²) in [7, 11) is 3.05. The first-order valence-corrected chi connectivity index (χ1v) is 13.2. The number of carbonyl (C=O) groups excluding carboxylic acids is 2. The van der Waals surface area contributed by atoms with Crippen molar-refractivity contribution in [3.05, 3.63) is 89.2 Å². The number of amidine groups is 1. The molecule has 0 aliphatic carbocycles. The first-order chi connectivity index (χ1) is 18.8. The monoisotopic (exact) mass is 546 g/mol. The molecule has 0 saturated heterocycles. The number of carbonyl (C=O) groups is 2. The topological polar surface area (TPSA) is 92.6 Å². The lowest BCUT2D eigenvalue weighted by Crippen LogP contribution is -2.25. The Kier molecular flexibility index (Phi) is 7.65. The largest absolute Gasteiger partial charge is 0.493 e. The highest BCUT2D eigenvalue weighted by Crippen LogP contribution is 2.39. The Bertz CT molecular complexity index is 1460. The number of anilines is 1. The lowest BCUT2D eigenvalue weighted by Gasteiger charge is -2.23. The van der Waals surface area contributed by atoms with Crippen LogP contribution in [0.3, 0.4) is 0 Å². The second-order valence-electron chi connectivity index (χ2n) is 9.19. The zero-order valence-corrected chi connectivity index (χ0v) is 22.5. The van der Waals surface area contributed by atoms with E-state index >= 15 is 0 Å². The third-order valence-electron chi connectivity index (χ3n) is 6.51. The standard InChI is InChI=1S/C29H27FN4O4S/c1-17-4-6-19(7-5-17)23-15-22(18-8-10-20(30)11-9-18)33-34(23)29-32-28(36)26(39-29)16-27(35)31-21-12-13-24(37-2)25(14-21)38-3/h4-14,23,26H,15-16H2,1-3H3,(H,31,35)/t23-,26+/m1/s1. The van der Waals surface area contributed by atoms with Gasteiger partial charge in [0, 0.05) is 24.6 Å². The van der Waals surface area contributed by atoms with Gasteiger partial charge in [-0.3, -0.25) is 9.59 Å². The summed E-state index contributed by atoms with van der Waals surface area (Å²) in [5.41, 5.74) is 4.25. The Morgan fingerprint density at radius 1 is 1.05 bits per heavy atom. The van der Waals surface area contributed by atoms with Crippen molar-refractivity contribution in [2.24, 2.45) is 10.1 Å². The van der Waals surface area contributed by atoms with Crippen LogP contribution >= 0.6 is 11.8 Å². The molecule has 2 amide bonds. The first-order valence-electron chi connectivity index (χ1n) is 12.3. The van der Waals surface area contributed by atoms with Gasteiger partial charge in [-0.15, -0.1) is 0 Å². The molecule has 2 aliphatic heterocycles. The molecule has 0 fully saturated rings. The zero-order valence-electron chi connectivity index (χ0n) is 21.7. The predicted molar refractivity (Wildman–Crippen MR) is 150 cm³/mol. The molecule has 0 aromatic heterocycles. The highest BCUT2D eigenvalue weighted by Gasteiger charge is 2.39. The van der Waals surface area contributed by atoms with Crippen LogP contribution in [0.2, 0.25) is 0 Å². The minimum Gasteiger partial charge on any atom is -0.493 e. The van der Waals surface area contributed by atoms with Gasteiger partial charge >= 0.3 is 0 Å². The fraction of sp³-hybridized carbons (Fsp3) is 0.241. The highest BCUT2D eigenvalue weighted by molar-refractivity contribution is 8.15. The Morgan fingerprint density at radius 3 is 2.46 bits per heavy atom. The normalized spacial score (nSPS) is 18.6. The summed E-state index contributed by atoms with van der Waals surface area (Å²) in [6, 6.07) is 19.2. The van der Waals surface area contributed by atoms with E-state index in [-0.39, 0.29) is 30.1 Å². The first kappa shape index (κ1) is 26.4. The number of ether oxygens (including phenoxy) is 2. The number of aryl methyl sites for hydroxylation is 1. The van der Waals surface area contributed by atoms with Crippen molar-refractivity contribution in [1.29, 1.82) is 0 Å². The van der Waals surface area contributed by atoms with Crippen LogP contribution in [0.4, 0.5) is 10.1 Å². The Morgan fingerprint density at radius 2 is 1.77 bits per heavy atom. The summed E-state index contributed by atoms with van der Waals surface area (Å²) in [6.07, 6.45) is 0.509. The smallest absolute Gasteiger partial charge is 0.262 e. The molecule has 2 aliphatic rings. The number of benzene rings is 3. The van der Waals surface area contributed by atoms with Gasteiger partial charge in [0.2, 0.25) is 5.91 Å². The SMILES string of the molecule is COc1ccc(NC(=O)C[C@@H]2SC(N3N=C(c4ccc(F)cc4)C[C@@H]3c3ccc(C)cc3)=NC2=O)cc1OC. The molecule has 39 heavy (non-hydrogen) atoms. The molecule has 200 valence electrons. The number of nitrogens with zero attached hydrogens (tertiary/aromatic N) is 3. The van der Waals surface area contributed by atoms with E-state index in [2.05, 4.69) is 10.3 Å². The third kappa shape index (κ3) is 5.80. The number of hydrogen-bond acceptors (Lipinski definition) is 7. The van der Waals surface area contributed by atoms with Gasteiger partial charge in [0.1, 0.15) is 11.1 Å². The molecule has 8 nitrogen and oxygen atoms in total. The van der Waals surface area contributed by atoms with E-state index in [0.29, 0.717) is 28.8 Å². The Labute approximate surface area is 229 Å². The molecule has 0 unspecified atom stereocenters. The number of nitrogens with one attached hydrogen (secondary N) is 1. The summed E-state index contributed by atoms with van der Waals surface area (Å²) >= 11 is 1.22. The molecule has 0 radical (unpaired) electrons. The second kappa shape index (κ2) is 11.3. The van der Waals surface area contributed by atoms with Gasteiger partial charge in [-0.2, -0.15) is 10.1 Å². The number of thioether (sulfide) groups is 1. The maximum absolute atomic E-state index is 13.5. The summed E-state index contributed by atoms with van der Waals surface area (Å²) < 4.78 is 24.0. The summed E-state index contributed by atoms with van der Waals surface area (Å²) in [4.78, 5) is 29.9. The maximum Gasteiger partial charge on any atom is 0.262 e. The van der Waals surface area contributed by atoms with Crippen LogP contribution in [0.15, 0.2) is 76.8 Å². The van der Waals surface area contributed by atoms with Crippen molar-refractivity contribution in [1.82, 2.24) is 5.01 Å². The van der Waals surface area contributed by atoms with Crippen LogP contribution in [0, 0.1) is 12.7 Å². The van der Waals surface area contributed by atoms with Gasteiger partial charge in [-0.1, -0.05) is 53.7 Å². The van der Waals surface area contributed by atoms with E-state index in [1.807, 2.05) is 31.2 Å². The Hall–Kier alpha value is -4.18. The number of methoxy groups -OCH3 is 2. The van der Waals surface area contributed by atoms with Crippen molar-refractivity contribution in [2.75, 3.05) is 19.5 Å². The Balaban J connectivity index is 1.32. The predicted octanol–water partition coefficient (Wildman–Crippen LogP) is 5.33. The van der Waals surface area contributed by atoms with E-state index in [1.54, 1.807) is 35.3 Å². The van der Waals surface area contributed by atoms with Crippen LogP contribution in [0.1, 0.15) is 35.6 Å². The summed E-state index contributed by atoms with van der Waals surface area (Å²) in [5, 5.41) is 9.12. The second-order valence-corrected chi connectivity index (χ2v) is 10.4. The van der Waals surface area contributed by atoms with Crippen LogP contribution in [0.25, 0.3) is 0 Å². The molecule has 2 atom stereocenters. The van der Waals surface area contributed by atoms with Gasteiger partial charge in [-0.25, -0.2) is 9.40 Å². The lowest BCUT2D eigenvalue weighted by molar-refractivity contribution is -0.121. The van der Waals surface area contributed by atoms with Crippen LogP contribution < -0.4 is 14.8 Å². The van der Waals surface area contributed by atoms with Crippen molar-refractivity contribution >= 4 is 40.1 Å². The minimum absolute atomic E-state index is 0.0532. The van der Waals surface area contributed by atoms with E-state index < -0.39 is 5.25 Å². The zero-order chi connectivity index (χ0) is 27.5. The number of halogens is 1. The number of hydrogen-bond donors (Lipinski definition) is 1. The molecule has 1 N–H and O–H groups in total. The number of aliphatic imine (C=N–C) groups is 1. The van der Waals surface area contributed by atoms with Gasteiger partial charge in [-0.05, 0) is 42.3 Å². The maximum atomic E-state index is 13.5. The van der Waals surface area contributed by atoms with Crippen molar-refractivity contribution < 1.29 is 23.5 Å². The molecule has 10 heteroatoms. The lowest BCUT2D eigenvalue weighted by atomic mass is 9.98. The minimum atomic E-state index is -0.677. The molecule has 2 heterocycles. The van der Waals surface area contributed by atoms with Gasteiger partial charge in [0.15, 0.2) is 16.7 Å². The third-order valence-corrected chi connectivity index (χ3v) is 7.65. The van der Waals surface area contributed by atoms with Gasteiger partial charge in [0.05, 0.1) is 26.0 Å². The van der Waals surface area contributed by atoms with Gasteiger partial charge < -0.3 is 14.8 Å². The average molecular weight is 547 g/mol. The molecule has 0 spiro atoms. The van der Waals surface area contributed by atoms with Crippen LogP contribution in [-0.2, 0) is 9.59 Å². The van der Waals surface area contributed by atoms with Crippen LogP contribution in [0.5, 0.6) is 11.5 Å². The molecule has 3 aromatic rings. The van der Waals surface area contributed by atoms with E-state index in [0.717, 1.165) is 22.4 Å². The molecule has 0 bridgehead atoms. The van der Waals surface area contributed by atoms with E-state index in [4.69, 9.17) is 14.6 Å². The van der Waals surface area contributed by atoms with E-state index in [1.165, 1.54) is 38.1 Å². The summed E-state index contributed by atoms with van der Waals surface area (Å²) in [6.45, 7) is 2.02. The molecule has 5 rings (SSSR count). The van der Waals surface area contributed by atoms with Crippen LogP contribution in [-0.4, -0.2) is 47.2 Å². The quantitative estimate of drug-likeness (QED) is 0.431. The average Bonchev–Trinajstić information content (AvgIpc) is 3.53. The fourth-order valence-electron chi connectivity index (χ4n) is 4.45. The number of amides is 2.